The Morgan fingerprint density at radius 2 is 1.93 bits per heavy atom. The summed E-state index contributed by atoms with van der Waals surface area (Å²) in [6.07, 6.45) is 3.28. The van der Waals surface area contributed by atoms with Gasteiger partial charge in [-0.1, -0.05) is 41.4 Å². The number of halogens is 1. The lowest BCUT2D eigenvalue weighted by atomic mass is 10.1. The Hall–Kier alpha value is -0.730. The second-order valence-corrected chi connectivity index (χ2v) is 4.36. The Morgan fingerprint density at radius 1 is 1.36 bits per heavy atom. The molecular weight excluding hydrogens is 216 g/mol. The largest absolute Gasteiger partial charge is 0.289 e. The van der Waals surface area contributed by atoms with Gasteiger partial charge in [0.05, 0.1) is 4.36 Å². The highest BCUT2D eigenvalue weighted by atomic mass is 35.5. The van der Waals surface area contributed by atoms with Crippen molar-refractivity contribution in [2.45, 2.75) is 6.92 Å². The van der Waals surface area contributed by atoms with Crippen LogP contribution in [0, 0.1) is 6.92 Å². The molecule has 1 aromatic carbocycles. The molecule has 0 atom stereocenters. The molecule has 0 bridgehead atoms. The Kier molecular flexibility index (Phi) is 4.23. The van der Waals surface area contributed by atoms with Gasteiger partial charge in [-0.3, -0.25) is 4.79 Å². The summed E-state index contributed by atoms with van der Waals surface area (Å²) in [7, 11) is 0. The lowest BCUT2D eigenvalue weighted by Crippen LogP contribution is -1.94. The maximum Gasteiger partial charge on any atom is 0.187 e. The molecule has 0 fully saturated rings. The van der Waals surface area contributed by atoms with Crippen LogP contribution in [0.5, 0.6) is 0 Å². The summed E-state index contributed by atoms with van der Waals surface area (Å²) in [5.74, 6) is -0.0515. The Bertz CT molecular complexity index is 354. The summed E-state index contributed by atoms with van der Waals surface area (Å²) in [6.45, 7) is 1.99. The molecule has 1 nitrogen and oxygen atoms in total. The van der Waals surface area contributed by atoms with Gasteiger partial charge in [-0.05, 0) is 13.2 Å². The van der Waals surface area contributed by atoms with Crippen LogP contribution in [0.15, 0.2) is 34.7 Å². The lowest BCUT2D eigenvalue weighted by molar-refractivity contribution is 0.104. The van der Waals surface area contributed by atoms with Crippen LogP contribution in [0.3, 0.4) is 0 Å². The van der Waals surface area contributed by atoms with Crippen molar-refractivity contribution in [2.75, 3.05) is 6.26 Å². The Balaban J connectivity index is 2.85. The summed E-state index contributed by atoms with van der Waals surface area (Å²) in [6, 6.07) is 7.43. The minimum absolute atomic E-state index is 0.0515. The fourth-order valence-corrected chi connectivity index (χ4v) is 1.29. The first-order chi connectivity index (χ1) is 6.63. The first-order valence-electron chi connectivity index (χ1n) is 4.15. The molecule has 0 heterocycles. The third kappa shape index (κ3) is 3.20. The van der Waals surface area contributed by atoms with Crippen molar-refractivity contribution in [1.29, 1.82) is 0 Å². The van der Waals surface area contributed by atoms with E-state index in [1.807, 2.05) is 25.3 Å². The van der Waals surface area contributed by atoms with Crippen LogP contribution in [0.2, 0.25) is 0 Å². The van der Waals surface area contributed by atoms with Crippen LogP contribution in [-0.4, -0.2) is 12.0 Å². The maximum atomic E-state index is 11.6. The van der Waals surface area contributed by atoms with Crippen molar-refractivity contribution in [3.05, 3.63) is 45.8 Å². The van der Waals surface area contributed by atoms with Gasteiger partial charge in [0, 0.05) is 11.6 Å². The predicted molar refractivity (Wildman–Crippen MR) is 63.0 cm³/mol. The Labute approximate surface area is 93.2 Å². The second-order valence-electron chi connectivity index (χ2n) is 2.88. The SMILES string of the molecule is CS/C(Cl)=C/C(=O)c1ccc(C)cc1. The van der Waals surface area contributed by atoms with Gasteiger partial charge in [0.25, 0.3) is 0 Å². The highest BCUT2D eigenvalue weighted by Crippen LogP contribution is 2.17. The third-order valence-electron chi connectivity index (χ3n) is 1.78. The van der Waals surface area contributed by atoms with Crippen molar-refractivity contribution in [1.82, 2.24) is 0 Å². The number of benzene rings is 1. The van der Waals surface area contributed by atoms with Crippen molar-refractivity contribution in [3.63, 3.8) is 0 Å². The van der Waals surface area contributed by atoms with Gasteiger partial charge in [-0.2, -0.15) is 0 Å². The van der Waals surface area contributed by atoms with Gasteiger partial charge >= 0.3 is 0 Å². The molecular formula is C11H11ClOS. The number of carbonyl (C=O) groups excluding carboxylic acids is 1. The summed E-state index contributed by atoms with van der Waals surface area (Å²) in [5, 5.41) is 0. The number of thioether (sulfide) groups is 1. The van der Waals surface area contributed by atoms with Crippen LogP contribution in [0.1, 0.15) is 15.9 Å². The van der Waals surface area contributed by atoms with Crippen molar-refractivity contribution in [2.24, 2.45) is 0 Å². The number of carbonyl (C=O) groups is 1. The molecule has 0 amide bonds. The number of rotatable bonds is 3. The van der Waals surface area contributed by atoms with Gasteiger partial charge < -0.3 is 0 Å². The smallest absolute Gasteiger partial charge is 0.187 e. The second kappa shape index (κ2) is 5.23. The minimum Gasteiger partial charge on any atom is -0.289 e. The molecule has 0 radical (unpaired) electrons. The standard InChI is InChI=1S/C11H11ClOS/c1-8-3-5-9(6-4-8)10(13)7-11(12)14-2/h3-7H,1-2H3/b11-7+. The summed E-state index contributed by atoms with van der Waals surface area (Å²) >= 11 is 7.10. The third-order valence-corrected chi connectivity index (χ3v) is 2.86. The van der Waals surface area contributed by atoms with E-state index in [2.05, 4.69) is 0 Å². The lowest BCUT2D eigenvalue weighted by Gasteiger charge is -1.97. The molecule has 0 N–H and O–H groups in total. The van der Waals surface area contributed by atoms with E-state index in [4.69, 9.17) is 11.6 Å². The molecule has 0 saturated carbocycles. The van der Waals surface area contributed by atoms with Gasteiger partial charge in [0.1, 0.15) is 0 Å². The van der Waals surface area contributed by atoms with E-state index in [0.717, 1.165) is 5.56 Å². The van der Waals surface area contributed by atoms with E-state index < -0.39 is 0 Å². The highest BCUT2D eigenvalue weighted by molar-refractivity contribution is 8.03. The number of aryl methyl sites for hydroxylation is 1. The van der Waals surface area contributed by atoms with Crippen molar-refractivity contribution < 1.29 is 4.79 Å². The number of allylic oxidation sites excluding steroid dienone is 1. The predicted octanol–water partition coefficient (Wildman–Crippen LogP) is 3.62. The molecule has 0 saturated heterocycles. The summed E-state index contributed by atoms with van der Waals surface area (Å²) in [4.78, 5) is 11.6. The average Bonchev–Trinajstić information content (AvgIpc) is 2.18. The summed E-state index contributed by atoms with van der Waals surface area (Å²) < 4.78 is 0.510. The molecule has 0 aliphatic carbocycles. The molecule has 74 valence electrons. The maximum absolute atomic E-state index is 11.6. The van der Waals surface area contributed by atoms with E-state index in [1.165, 1.54) is 17.8 Å². The first-order valence-corrected chi connectivity index (χ1v) is 5.76. The van der Waals surface area contributed by atoms with E-state index in [9.17, 15) is 4.79 Å². The molecule has 3 heteroatoms. The average molecular weight is 227 g/mol. The normalized spacial score (nSPS) is 11.5. The van der Waals surface area contributed by atoms with Gasteiger partial charge in [0.15, 0.2) is 5.78 Å². The Morgan fingerprint density at radius 3 is 2.43 bits per heavy atom. The molecule has 0 spiro atoms. The van der Waals surface area contributed by atoms with Gasteiger partial charge in [-0.15, -0.1) is 11.8 Å². The van der Waals surface area contributed by atoms with Crippen LogP contribution in [0.4, 0.5) is 0 Å². The van der Waals surface area contributed by atoms with E-state index in [0.29, 0.717) is 9.93 Å². The molecule has 14 heavy (non-hydrogen) atoms. The molecule has 0 aliphatic rings. The summed E-state index contributed by atoms with van der Waals surface area (Å²) in [5.41, 5.74) is 1.81. The van der Waals surface area contributed by atoms with Gasteiger partial charge in [-0.25, -0.2) is 0 Å². The number of ketones is 1. The van der Waals surface area contributed by atoms with Crippen LogP contribution in [0.25, 0.3) is 0 Å². The molecule has 0 unspecified atom stereocenters. The van der Waals surface area contributed by atoms with E-state index >= 15 is 0 Å². The highest BCUT2D eigenvalue weighted by Gasteiger charge is 2.02. The van der Waals surface area contributed by atoms with Crippen molar-refractivity contribution >= 4 is 29.1 Å². The molecule has 1 rings (SSSR count). The molecule has 0 aliphatic heterocycles. The fourth-order valence-electron chi connectivity index (χ4n) is 0.963. The monoisotopic (exact) mass is 226 g/mol. The quantitative estimate of drug-likeness (QED) is 0.579. The first kappa shape index (κ1) is 11.3. The topological polar surface area (TPSA) is 17.1 Å². The minimum atomic E-state index is -0.0515. The van der Waals surface area contributed by atoms with Crippen LogP contribution in [-0.2, 0) is 0 Å². The zero-order valence-electron chi connectivity index (χ0n) is 8.08. The zero-order chi connectivity index (χ0) is 10.6. The van der Waals surface area contributed by atoms with Crippen LogP contribution >= 0.6 is 23.4 Å². The van der Waals surface area contributed by atoms with Gasteiger partial charge in [0.2, 0.25) is 0 Å². The van der Waals surface area contributed by atoms with Crippen molar-refractivity contribution in [3.8, 4) is 0 Å². The number of hydrogen-bond acceptors (Lipinski definition) is 2. The fraction of sp³-hybridized carbons (Fsp3) is 0.182. The molecule has 1 aromatic rings. The number of hydrogen-bond donors (Lipinski definition) is 0. The zero-order valence-corrected chi connectivity index (χ0v) is 9.65. The van der Waals surface area contributed by atoms with Crippen LogP contribution < -0.4 is 0 Å². The van der Waals surface area contributed by atoms with E-state index in [-0.39, 0.29) is 5.78 Å². The molecule has 0 aromatic heterocycles. The van der Waals surface area contributed by atoms with E-state index in [1.54, 1.807) is 12.1 Å².